The van der Waals surface area contributed by atoms with Gasteiger partial charge in [0.15, 0.2) is 6.10 Å². The first-order chi connectivity index (χ1) is 9.00. The van der Waals surface area contributed by atoms with Crippen molar-refractivity contribution in [2.75, 3.05) is 19.7 Å². The van der Waals surface area contributed by atoms with E-state index in [0.29, 0.717) is 12.1 Å². The summed E-state index contributed by atoms with van der Waals surface area (Å²) in [5, 5.41) is 8.94. The number of hydrogen-bond acceptors (Lipinski definition) is 3. The van der Waals surface area contributed by atoms with E-state index in [9.17, 15) is 9.59 Å². The number of morpholine rings is 1. The maximum Gasteiger partial charge on any atom is 0.334 e. The number of benzene rings is 1. The summed E-state index contributed by atoms with van der Waals surface area (Å²) in [4.78, 5) is 24.8. The smallest absolute Gasteiger partial charge is 0.334 e. The molecule has 1 aromatic carbocycles. The molecule has 102 valence electrons. The number of halogens is 1. The molecule has 0 radical (unpaired) electrons. The number of carboxylic acids is 1. The fourth-order valence-electron chi connectivity index (χ4n) is 1.99. The molecule has 1 aliphatic rings. The van der Waals surface area contributed by atoms with Crippen LogP contribution in [0.15, 0.2) is 22.7 Å². The molecule has 1 heterocycles. The van der Waals surface area contributed by atoms with Gasteiger partial charge in [0.1, 0.15) is 0 Å². The minimum absolute atomic E-state index is 0.0835. The van der Waals surface area contributed by atoms with Crippen LogP contribution in [0.5, 0.6) is 0 Å². The highest BCUT2D eigenvalue weighted by atomic mass is 79.9. The van der Waals surface area contributed by atoms with Gasteiger partial charge < -0.3 is 14.7 Å². The number of ether oxygens (including phenoxy) is 1. The molecule has 1 aromatic rings. The summed E-state index contributed by atoms with van der Waals surface area (Å²) < 4.78 is 5.97. The largest absolute Gasteiger partial charge is 0.479 e. The molecule has 0 spiro atoms. The van der Waals surface area contributed by atoms with Crippen molar-refractivity contribution < 1.29 is 19.4 Å². The standard InChI is InChI=1S/C13H14BrNO4/c1-8-9(3-2-4-10(8)14)12(16)15-5-6-19-11(7-15)13(17)18/h2-4,11H,5-7H2,1H3,(H,17,18)/t11-/m0/s1. The third kappa shape index (κ3) is 2.96. The summed E-state index contributed by atoms with van der Waals surface area (Å²) in [5.74, 6) is -1.20. The molecule has 19 heavy (non-hydrogen) atoms. The van der Waals surface area contributed by atoms with E-state index in [1.54, 1.807) is 12.1 Å². The lowest BCUT2D eigenvalue weighted by Crippen LogP contribution is -2.48. The summed E-state index contributed by atoms with van der Waals surface area (Å²) in [7, 11) is 0. The Kier molecular flexibility index (Phi) is 4.21. The third-order valence-electron chi connectivity index (χ3n) is 3.13. The van der Waals surface area contributed by atoms with E-state index in [-0.39, 0.29) is 19.1 Å². The first kappa shape index (κ1) is 14.0. The Labute approximate surface area is 119 Å². The Morgan fingerprint density at radius 2 is 2.21 bits per heavy atom. The number of nitrogens with zero attached hydrogens (tertiary/aromatic N) is 1. The van der Waals surface area contributed by atoms with Gasteiger partial charge in [-0.25, -0.2) is 4.79 Å². The van der Waals surface area contributed by atoms with Crippen LogP contribution >= 0.6 is 15.9 Å². The van der Waals surface area contributed by atoms with Gasteiger partial charge in [-0.2, -0.15) is 0 Å². The molecule has 0 aromatic heterocycles. The van der Waals surface area contributed by atoms with Gasteiger partial charge in [-0.05, 0) is 24.6 Å². The molecular weight excluding hydrogens is 314 g/mol. The van der Waals surface area contributed by atoms with Crippen molar-refractivity contribution in [3.63, 3.8) is 0 Å². The molecule has 2 rings (SSSR count). The second kappa shape index (κ2) is 5.71. The zero-order valence-corrected chi connectivity index (χ0v) is 12.0. The van der Waals surface area contributed by atoms with E-state index in [1.807, 2.05) is 13.0 Å². The average Bonchev–Trinajstić information content (AvgIpc) is 2.41. The van der Waals surface area contributed by atoms with E-state index in [4.69, 9.17) is 9.84 Å². The van der Waals surface area contributed by atoms with Gasteiger partial charge in [-0.1, -0.05) is 22.0 Å². The molecule has 0 saturated carbocycles. The Morgan fingerprint density at radius 1 is 1.47 bits per heavy atom. The summed E-state index contributed by atoms with van der Waals surface area (Å²) in [5.41, 5.74) is 1.44. The molecule has 1 fully saturated rings. The van der Waals surface area contributed by atoms with E-state index < -0.39 is 12.1 Å². The predicted octanol–water partition coefficient (Wildman–Crippen LogP) is 1.68. The van der Waals surface area contributed by atoms with E-state index in [1.165, 1.54) is 4.90 Å². The van der Waals surface area contributed by atoms with Crippen molar-refractivity contribution in [2.24, 2.45) is 0 Å². The lowest BCUT2D eigenvalue weighted by Gasteiger charge is -2.31. The minimum atomic E-state index is -1.04. The highest BCUT2D eigenvalue weighted by molar-refractivity contribution is 9.10. The molecule has 0 aliphatic carbocycles. The van der Waals surface area contributed by atoms with Crippen LogP contribution in [-0.2, 0) is 9.53 Å². The Balaban J connectivity index is 2.19. The summed E-state index contributed by atoms with van der Waals surface area (Å²) >= 11 is 3.38. The number of carbonyl (C=O) groups is 2. The fraction of sp³-hybridized carbons (Fsp3) is 0.385. The summed E-state index contributed by atoms with van der Waals surface area (Å²) in [6, 6.07) is 5.40. The molecule has 1 aliphatic heterocycles. The van der Waals surface area contributed by atoms with Crippen molar-refractivity contribution in [3.8, 4) is 0 Å². The third-order valence-corrected chi connectivity index (χ3v) is 3.99. The lowest BCUT2D eigenvalue weighted by molar-refractivity contribution is -0.154. The number of carbonyl (C=O) groups excluding carboxylic acids is 1. The highest BCUT2D eigenvalue weighted by Gasteiger charge is 2.30. The SMILES string of the molecule is Cc1c(Br)cccc1C(=O)N1CCO[C@H](C(=O)O)C1. The Morgan fingerprint density at radius 3 is 2.89 bits per heavy atom. The summed E-state index contributed by atoms with van der Waals surface area (Å²) in [6.45, 7) is 2.59. The highest BCUT2D eigenvalue weighted by Crippen LogP contribution is 2.21. The monoisotopic (exact) mass is 327 g/mol. The quantitative estimate of drug-likeness (QED) is 0.897. The maximum absolute atomic E-state index is 12.4. The van der Waals surface area contributed by atoms with Crippen LogP contribution in [0.2, 0.25) is 0 Å². The number of rotatable bonds is 2. The van der Waals surface area contributed by atoms with Gasteiger partial charge in [0.05, 0.1) is 13.2 Å². The molecule has 0 unspecified atom stereocenters. The van der Waals surface area contributed by atoms with Gasteiger partial charge >= 0.3 is 5.97 Å². The molecule has 0 bridgehead atoms. The van der Waals surface area contributed by atoms with Crippen molar-refractivity contribution in [2.45, 2.75) is 13.0 Å². The molecule has 5 nitrogen and oxygen atoms in total. The molecule has 1 saturated heterocycles. The number of amides is 1. The number of hydrogen-bond donors (Lipinski definition) is 1. The molecule has 6 heteroatoms. The van der Waals surface area contributed by atoms with Gasteiger partial charge in [0.25, 0.3) is 5.91 Å². The Hall–Kier alpha value is -1.40. The van der Waals surface area contributed by atoms with Crippen LogP contribution < -0.4 is 0 Å². The zero-order chi connectivity index (χ0) is 14.0. The van der Waals surface area contributed by atoms with E-state index in [0.717, 1.165) is 10.0 Å². The van der Waals surface area contributed by atoms with Crippen LogP contribution in [0, 0.1) is 6.92 Å². The lowest BCUT2D eigenvalue weighted by atomic mass is 10.1. The minimum Gasteiger partial charge on any atom is -0.479 e. The van der Waals surface area contributed by atoms with E-state index >= 15 is 0 Å². The molecule has 1 atom stereocenters. The predicted molar refractivity (Wildman–Crippen MR) is 72.2 cm³/mol. The Bertz CT molecular complexity index is 517. The van der Waals surface area contributed by atoms with Gasteiger partial charge in [0, 0.05) is 16.6 Å². The van der Waals surface area contributed by atoms with Gasteiger partial charge in [-0.15, -0.1) is 0 Å². The van der Waals surface area contributed by atoms with Crippen molar-refractivity contribution in [3.05, 3.63) is 33.8 Å². The molecule has 1 N–H and O–H groups in total. The van der Waals surface area contributed by atoms with Crippen LogP contribution in [0.4, 0.5) is 0 Å². The average molecular weight is 328 g/mol. The molecule has 1 amide bonds. The summed E-state index contributed by atoms with van der Waals surface area (Å²) in [6.07, 6.45) is -0.940. The first-order valence-corrected chi connectivity index (χ1v) is 6.69. The molecular formula is C13H14BrNO4. The fourth-order valence-corrected chi connectivity index (χ4v) is 2.36. The van der Waals surface area contributed by atoms with Gasteiger partial charge in [-0.3, -0.25) is 4.79 Å². The van der Waals surface area contributed by atoms with Crippen LogP contribution in [0.25, 0.3) is 0 Å². The van der Waals surface area contributed by atoms with Crippen LogP contribution in [-0.4, -0.2) is 47.7 Å². The number of carboxylic acid groups (broad SMARTS) is 1. The van der Waals surface area contributed by atoms with Crippen molar-refractivity contribution >= 4 is 27.8 Å². The topological polar surface area (TPSA) is 66.8 Å². The normalized spacial score (nSPS) is 19.3. The van der Waals surface area contributed by atoms with Gasteiger partial charge in [0.2, 0.25) is 0 Å². The number of aliphatic carboxylic acids is 1. The zero-order valence-electron chi connectivity index (χ0n) is 10.4. The van der Waals surface area contributed by atoms with Crippen LogP contribution in [0.1, 0.15) is 15.9 Å². The first-order valence-electron chi connectivity index (χ1n) is 5.89. The van der Waals surface area contributed by atoms with Crippen molar-refractivity contribution in [1.29, 1.82) is 0 Å². The van der Waals surface area contributed by atoms with Crippen LogP contribution in [0.3, 0.4) is 0 Å². The van der Waals surface area contributed by atoms with Crippen molar-refractivity contribution in [1.82, 2.24) is 4.90 Å². The second-order valence-electron chi connectivity index (χ2n) is 4.36. The van der Waals surface area contributed by atoms with E-state index in [2.05, 4.69) is 15.9 Å². The maximum atomic E-state index is 12.4. The second-order valence-corrected chi connectivity index (χ2v) is 5.22.